The fraction of sp³-hybridized carbons (Fsp3) is 0.188. The third kappa shape index (κ3) is 2.00. The number of hydrogen-bond acceptors (Lipinski definition) is 3. The molecule has 0 amide bonds. The Labute approximate surface area is 129 Å². The standard InChI is InChI=1S/C16H13BrN2O2/c17-9-4-7-12-11(8-9)18-16(19(12)10-5-6-10)15-13(20)2-1-3-14(15)21/h1-4,7-8,10,20-21H,5-6H2. The molecule has 0 bridgehead atoms. The summed E-state index contributed by atoms with van der Waals surface area (Å²) in [5.41, 5.74) is 2.28. The van der Waals surface area contributed by atoms with Crippen molar-refractivity contribution in [3.63, 3.8) is 0 Å². The van der Waals surface area contributed by atoms with Gasteiger partial charge >= 0.3 is 0 Å². The third-order valence-electron chi connectivity index (χ3n) is 3.81. The summed E-state index contributed by atoms with van der Waals surface area (Å²) in [6, 6.07) is 11.1. The monoisotopic (exact) mass is 344 g/mol. The molecule has 0 atom stereocenters. The zero-order valence-electron chi connectivity index (χ0n) is 11.1. The molecule has 0 aliphatic heterocycles. The smallest absolute Gasteiger partial charge is 0.148 e. The number of benzene rings is 2. The van der Waals surface area contributed by atoms with Crippen molar-refractivity contribution in [3.05, 3.63) is 40.9 Å². The minimum absolute atomic E-state index is 0.0475. The van der Waals surface area contributed by atoms with Gasteiger partial charge in [0.2, 0.25) is 0 Å². The largest absolute Gasteiger partial charge is 0.507 e. The fourth-order valence-electron chi connectivity index (χ4n) is 2.71. The van der Waals surface area contributed by atoms with Gasteiger partial charge in [-0.25, -0.2) is 4.98 Å². The van der Waals surface area contributed by atoms with Gasteiger partial charge in [-0.2, -0.15) is 0 Å². The molecule has 1 aliphatic carbocycles. The second-order valence-electron chi connectivity index (χ2n) is 5.34. The number of nitrogens with zero attached hydrogens (tertiary/aromatic N) is 2. The Balaban J connectivity index is 2.06. The van der Waals surface area contributed by atoms with Crippen molar-refractivity contribution in [2.45, 2.75) is 18.9 Å². The first-order valence-electron chi connectivity index (χ1n) is 6.84. The van der Waals surface area contributed by atoms with E-state index in [-0.39, 0.29) is 11.5 Å². The topological polar surface area (TPSA) is 58.3 Å². The Morgan fingerprint density at radius 2 is 1.81 bits per heavy atom. The molecule has 2 aromatic carbocycles. The van der Waals surface area contributed by atoms with Gasteiger partial charge in [-0.15, -0.1) is 0 Å². The molecule has 1 fully saturated rings. The molecule has 4 nitrogen and oxygen atoms in total. The Hall–Kier alpha value is -2.01. The van der Waals surface area contributed by atoms with Gasteiger partial charge in [0, 0.05) is 10.5 Å². The van der Waals surface area contributed by atoms with E-state index < -0.39 is 0 Å². The molecular formula is C16H13BrN2O2. The van der Waals surface area contributed by atoms with Crippen LogP contribution in [0.15, 0.2) is 40.9 Å². The lowest BCUT2D eigenvalue weighted by Gasteiger charge is -2.10. The van der Waals surface area contributed by atoms with Gasteiger partial charge in [-0.05, 0) is 43.2 Å². The van der Waals surface area contributed by atoms with Crippen LogP contribution in [0.3, 0.4) is 0 Å². The van der Waals surface area contributed by atoms with Crippen molar-refractivity contribution < 1.29 is 10.2 Å². The Kier molecular flexibility index (Phi) is 2.72. The van der Waals surface area contributed by atoms with Crippen molar-refractivity contribution in [1.29, 1.82) is 0 Å². The third-order valence-corrected chi connectivity index (χ3v) is 4.30. The second kappa shape index (κ2) is 4.49. The fourth-order valence-corrected chi connectivity index (χ4v) is 3.06. The van der Waals surface area contributed by atoms with E-state index in [9.17, 15) is 10.2 Å². The number of aromatic hydroxyl groups is 2. The number of halogens is 1. The average Bonchev–Trinajstić information content (AvgIpc) is 3.20. The quantitative estimate of drug-likeness (QED) is 0.731. The summed E-state index contributed by atoms with van der Waals surface area (Å²) in [6.07, 6.45) is 2.20. The molecule has 2 N–H and O–H groups in total. The first-order valence-corrected chi connectivity index (χ1v) is 7.63. The molecule has 4 rings (SSSR count). The van der Waals surface area contributed by atoms with Crippen LogP contribution in [0.5, 0.6) is 11.5 Å². The number of rotatable bonds is 2. The predicted molar refractivity (Wildman–Crippen MR) is 84.5 cm³/mol. The highest BCUT2D eigenvalue weighted by atomic mass is 79.9. The first-order chi connectivity index (χ1) is 10.1. The van der Waals surface area contributed by atoms with Gasteiger partial charge in [0.05, 0.1) is 11.0 Å². The summed E-state index contributed by atoms with van der Waals surface area (Å²) >= 11 is 3.46. The summed E-state index contributed by atoms with van der Waals surface area (Å²) < 4.78 is 3.08. The van der Waals surface area contributed by atoms with Crippen LogP contribution in [-0.4, -0.2) is 19.8 Å². The maximum atomic E-state index is 10.1. The van der Waals surface area contributed by atoms with Crippen molar-refractivity contribution in [1.82, 2.24) is 9.55 Å². The maximum absolute atomic E-state index is 10.1. The summed E-state index contributed by atoms with van der Waals surface area (Å²) in [6.45, 7) is 0. The molecule has 1 saturated carbocycles. The van der Waals surface area contributed by atoms with Crippen LogP contribution >= 0.6 is 15.9 Å². The average molecular weight is 345 g/mol. The van der Waals surface area contributed by atoms with E-state index in [4.69, 9.17) is 0 Å². The van der Waals surface area contributed by atoms with Gasteiger partial charge in [0.25, 0.3) is 0 Å². The number of aromatic nitrogens is 2. The highest BCUT2D eigenvalue weighted by Gasteiger charge is 2.30. The second-order valence-corrected chi connectivity index (χ2v) is 6.26. The molecule has 1 aliphatic rings. The van der Waals surface area contributed by atoms with E-state index in [0.717, 1.165) is 28.3 Å². The highest BCUT2D eigenvalue weighted by molar-refractivity contribution is 9.10. The van der Waals surface area contributed by atoms with Crippen LogP contribution in [-0.2, 0) is 0 Å². The van der Waals surface area contributed by atoms with E-state index in [1.165, 1.54) is 0 Å². The minimum atomic E-state index is 0.0475. The number of hydrogen-bond donors (Lipinski definition) is 2. The van der Waals surface area contributed by atoms with Crippen LogP contribution in [0.2, 0.25) is 0 Å². The van der Waals surface area contributed by atoms with Crippen molar-refractivity contribution in [2.75, 3.05) is 0 Å². The SMILES string of the molecule is Oc1cccc(O)c1-c1nc2cc(Br)ccc2n1C1CC1. The molecule has 0 saturated heterocycles. The molecule has 3 aromatic rings. The van der Waals surface area contributed by atoms with Crippen LogP contribution in [0.25, 0.3) is 22.4 Å². The number of phenols is 2. The van der Waals surface area contributed by atoms with Crippen molar-refractivity contribution in [3.8, 4) is 22.9 Å². The van der Waals surface area contributed by atoms with E-state index in [1.807, 2.05) is 18.2 Å². The summed E-state index contributed by atoms with van der Waals surface area (Å²) in [5.74, 6) is 0.721. The van der Waals surface area contributed by atoms with E-state index in [0.29, 0.717) is 17.4 Å². The van der Waals surface area contributed by atoms with Crippen LogP contribution < -0.4 is 0 Å². The summed E-state index contributed by atoms with van der Waals surface area (Å²) in [7, 11) is 0. The molecule has 0 unspecified atom stereocenters. The number of fused-ring (bicyclic) bond motifs is 1. The molecule has 1 heterocycles. The molecular weight excluding hydrogens is 332 g/mol. The van der Waals surface area contributed by atoms with E-state index >= 15 is 0 Å². The Morgan fingerprint density at radius 3 is 2.48 bits per heavy atom. The molecule has 21 heavy (non-hydrogen) atoms. The van der Waals surface area contributed by atoms with Gasteiger partial charge < -0.3 is 14.8 Å². The summed E-state index contributed by atoms with van der Waals surface area (Å²) in [5, 5.41) is 20.3. The predicted octanol–water partition coefficient (Wildman–Crippen LogP) is 4.21. The molecule has 0 radical (unpaired) electrons. The van der Waals surface area contributed by atoms with Gasteiger partial charge in [0.15, 0.2) is 0 Å². The van der Waals surface area contributed by atoms with Crippen LogP contribution in [0.1, 0.15) is 18.9 Å². The van der Waals surface area contributed by atoms with E-state index in [1.54, 1.807) is 18.2 Å². The molecule has 1 aromatic heterocycles. The number of phenolic OH excluding ortho intramolecular Hbond substituents is 2. The Morgan fingerprint density at radius 1 is 1.10 bits per heavy atom. The lowest BCUT2D eigenvalue weighted by atomic mass is 10.1. The summed E-state index contributed by atoms with van der Waals surface area (Å²) in [4.78, 5) is 4.64. The van der Waals surface area contributed by atoms with Crippen LogP contribution in [0, 0.1) is 0 Å². The molecule has 5 heteroatoms. The van der Waals surface area contributed by atoms with E-state index in [2.05, 4.69) is 25.5 Å². The maximum Gasteiger partial charge on any atom is 0.148 e. The van der Waals surface area contributed by atoms with Crippen LogP contribution in [0.4, 0.5) is 0 Å². The van der Waals surface area contributed by atoms with Crippen molar-refractivity contribution in [2.24, 2.45) is 0 Å². The molecule has 106 valence electrons. The van der Waals surface area contributed by atoms with Gasteiger partial charge in [0.1, 0.15) is 22.9 Å². The Bertz CT molecular complexity index is 833. The zero-order valence-corrected chi connectivity index (χ0v) is 12.7. The molecule has 0 spiro atoms. The highest BCUT2D eigenvalue weighted by Crippen LogP contribution is 2.45. The van der Waals surface area contributed by atoms with Gasteiger partial charge in [-0.3, -0.25) is 0 Å². The van der Waals surface area contributed by atoms with Crippen molar-refractivity contribution >= 4 is 27.0 Å². The zero-order chi connectivity index (χ0) is 14.6. The lowest BCUT2D eigenvalue weighted by Crippen LogP contribution is -1.97. The normalized spacial score (nSPS) is 14.7. The van der Waals surface area contributed by atoms with Gasteiger partial charge in [-0.1, -0.05) is 22.0 Å². The first kappa shape index (κ1) is 12.7. The minimum Gasteiger partial charge on any atom is -0.507 e. The number of imidazole rings is 1. The lowest BCUT2D eigenvalue weighted by molar-refractivity contribution is 0.453.